The van der Waals surface area contributed by atoms with Crippen molar-refractivity contribution >= 4 is 41.1 Å². The van der Waals surface area contributed by atoms with Gasteiger partial charge in [-0.1, -0.05) is 31.5 Å². The molecule has 2 heterocycles. The van der Waals surface area contributed by atoms with Crippen molar-refractivity contribution in [2.45, 2.75) is 64.8 Å². The van der Waals surface area contributed by atoms with E-state index in [1.165, 1.54) is 32.1 Å². The number of amides is 5. The molecule has 17 heteroatoms. The minimum absolute atomic E-state index is 0.0857. The van der Waals surface area contributed by atoms with Crippen LogP contribution in [0, 0.1) is 5.92 Å². The molecule has 5 N–H and O–H groups in total. The van der Waals surface area contributed by atoms with Crippen LogP contribution in [0.1, 0.15) is 55.1 Å². The van der Waals surface area contributed by atoms with Gasteiger partial charge in [0.15, 0.2) is 23.0 Å². The molecule has 16 nitrogen and oxygen atoms in total. The Kier molecular flexibility index (Phi) is 15.0. The summed E-state index contributed by atoms with van der Waals surface area (Å²) in [6.45, 7) is 5.29. The maximum absolute atomic E-state index is 13.8. The van der Waals surface area contributed by atoms with Gasteiger partial charge in [0.05, 0.1) is 45.4 Å². The van der Waals surface area contributed by atoms with E-state index in [2.05, 4.69) is 21.3 Å². The van der Waals surface area contributed by atoms with Crippen molar-refractivity contribution in [1.29, 1.82) is 0 Å². The van der Waals surface area contributed by atoms with Gasteiger partial charge in [-0.15, -0.1) is 0 Å². The predicted molar refractivity (Wildman–Crippen MR) is 213 cm³/mol. The van der Waals surface area contributed by atoms with Crippen LogP contribution in [0.5, 0.6) is 34.5 Å². The molecule has 2 aliphatic heterocycles. The minimum Gasteiger partial charge on any atom is -0.496 e. The Hall–Kier alpha value is -5.74. The Morgan fingerprint density at radius 2 is 1.59 bits per heavy atom. The first-order valence-electron chi connectivity index (χ1n) is 19.0. The normalized spacial score (nSPS) is 19.0. The number of hydrogen-bond acceptors (Lipinski definition) is 11. The first kappa shape index (κ1) is 43.4. The summed E-state index contributed by atoms with van der Waals surface area (Å²) in [6.07, 6.45) is -0.732. The molecule has 3 aromatic rings. The highest BCUT2D eigenvalue weighted by atomic mass is 35.5. The highest BCUT2D eigenvalue weighted by Gasteiger charge is 2.32. The van der Waals surface area contributed by atoms with Crippen LogP contribution in [-0.2, 0) is 32.1 Å². The zero-order valence-corrected chi connectivity index (χ0v) is 33.9. The summed E-state index contributed by atoms with van der Waals surface area (Å²) in [5.41, 5.74) is 1.22. The van der Waals surface area contributed by atoms with E-state index in [0.29, 0.717) is 71.5 Å². The summed E-state index contributed by atoms with van der Waals surface area (Å²) in [6, 6.07) is 10.5. The number of aliphatic hydroxyl groups is 1. The lowest BCUT2D eigenvalue weighted by Gasteiger charge is -2.28. The second kappa shape index (κ2) is 20.1. The van der Waals surface area contributed by atoms with Crippen LogP contribution in [0.3, 0.4) is 0 Å². The van der Waals surface area contributed by atoms with Gasteiger partial charge in [-0.25, -0.2) is 0 Å². The molecule has 2 aliphatic rings. The van der Waals surface area contributed by atoms with Crippen LogP contribution in [0.15, 0.2) is 48.5 Å². The molecule has 58 heavy (non-hydrogen) atoms. The average Bonchev–Trinajstić information content (AvgIpc) is 3.20. The summed E-state index contributed by atoms with van der Waals surface area (Å²) < 4.78 is 28.7. The molecule has 3 atom stereocenters. The van der Waals surface area contributed by atoms with E-state index in [1.807, 2.05) is 0 Å². The fourth-order valence-corrected chi connectivity index (χ4v) is 6.64. The van der Waals surface area contributed by atoms with Crippen LogP contribution >= 0.6 is 11.6 Å². The van der Waals surface area contributed by atoms with Gasteiger partial charge >= 0.3 is 0 Å². The van der Waals surface area contributed by atoms with Gasteiger partial charge in [0.25, 0.3) is 5.91 Å². The van der Waals surface area contributed by atoms with Crippen molar-refractivity contribution in [3.63, 3.8) is 0 Å². The molecule has 0 saturated carbocycles. The molecule has 0 unspecified atom stereocenters. The molecule has 0 aliphatic carbocycles. The van der Waals surface area contributed by atoms with E-state index in [1.54, 1.807) is 56.3 Å². The van der Waals surface area contributed by atoms with Crippen molar-refractivity contribution in [2.24, 2.45) is 5.92 Å². The van der Waals surface area contributed by atoms with Crippen molar-refractivity contribution in [3.05, 3.63) is 70.2 Å². The Bertz CT molecular complexity index is 1990. The lowest BCUT2D eigenvalue weighted by atomic mass is 10.0. The molecule has 312 valence electrons. The second-order valence-corrected chi connectivity index (χ2v) is 14.6. The number of ether oxygens (including phenoxy) is 5. The number of aliphatic hydroxyl groups excluding tert-OH is 1. The van der Waals surface area contributed by atoms with Crippen LogP contribution in [-0.4, -0.2) is 105 Å². The minimum atomic E-state index is -1.47. The molecule has 0 fully saturated rings. The molecular weight excluding hydrogens is 774 g/mol. The summed E-state index contributed by atoms with van der Waals surface area (Å²) in [5.74, 6) is -1.13. The third-order valence-corrected chi connectivity index (χ3v) is 9.96. The zero-order chi connectivity index (χ0) is 41.9. The SMILES string of the molecule is COc1ccc2cc1Oc1cccc(OC)c1CNC(=O)[C@@H](C(C)C)NC(=O)[C@H]([C@@H](C)O)NC(=O)CN(C(=O)Cc1cc3c(cc1Cl)OCCO3)CCCCNC2=O. The maximum atomic E-state index is 13.8. The summed E-state index contributed by atoms with van der Waals surface area (Å²) in [5, 5.41) is 21.9. The quantitative estimate of drug-likeness (QED) is 0.245. The molecule has 2 bridgehead atoms. The second-order valence-electron chi connectivity index (χ2n) is 14.2. The van der Waals surface area contributed by atoms with E-state index >= 15 is 0 Å². The van der Waals surface area contributed by atoms with E-state index in [9.17, 15) is 29.1 Å². The first-order valence-corrected chi connectivity index (χ1v) is 19.4. The van der Waals surface area contributed by atoms with Gasteiger partial charge in [-0.05, 0) is 67.6 Å². The average molecular weight is 824 g/mol. The molecule has 5 amide bonds. The Morgan fingerprint density at radius 1 is 0.862 bits per heavy atom. The first-order chi connectivity index (χ1) is 27.8. The highest BCUT2D eigenvalue weighted by molar-refractivity contribution is 6.31. The van der Waals surface area contributed by atoms with Crippen LogP contribution in [0.2, 0.25) is 5.02 Å². The number of nitrogens with zero attached hydrogens (tertiary/aromatic N) is 1. The van der Waals surface area contributed by atoms with E-state index in [0.717, 1.165) is 0 Å². The number of hydrogen-bond donors (Lipinski definition) is 5. The standard InChI is InChI=1S/C41H50ClN5O11/c1-23(2)37-40(52)44-21-27-29(54-4)9-8-10-30(27)58-34-17-25(11-12-31(34)55-5)39(51)43-13-6-7-14-47(22-35(49)45-38(24(3)48)41(53)46-37)36(50)19-26-18-32-33(20-28(26)42)57-16-15-56-32/h8-12,17-18,20,23-24,37-38,48H,6-7,13-16,19,21-22H2,1-5H3,(H,43,51)(H,44,52)(H,45,49)(H,46,53)/t24-,37-,38+/m1/s1. The number of rotatable bonds is 6. The monoisotopic (exact) mass is 823 g/mol. The van der Waals surface area contributed by atoms with Gasteiger partial charge in [0, 0.05) is 29.7 Å². The topological polar surface area (TPSA) is 203 Å². The Morgan fingerprint density at radius 3 is 2.28 bits per heavy atom. The molecule has 0 spiro atoms. The van der Waals surface area contributed by atoms with Crippen molar-refractivity contribution in [1.82, 2.24) is 26.2 Å². The van der Waals surface area contributed by atoms with Crippen LogP contribution in [0.25, 0.3) is 0 Å². The summed E-state index contributed by atoms with van der Waals surface area (Å²) >= 11 is 6.52. The molecule has 0 aromatic heterocycles. The van der Waals surface area contributed by atoms with Crippen molar-refractivity contribution < 1.29 is 52.8 Å². The Balaban J connectivity index is 1.43. The Labute approximate surface area is 341 Å². The van der Waals surface area contributed by atoms with Crippen molar-refractivity contribution in [3.8, 4) is 34.5 Å². The third-order valence-electron chi connectivity index (χ3n) is 9.60. The van der Waals surface area contributed by atoms with E-state index in [4.69, 9.17) is 35.3 Å². The number of fused-ring (bicyclic) bond motifs is 4. The molecule has 0 saturated heterocycles. The summed E-state index contributed by atoms with van der Waals surface area (Å²) in [7, 11) is 2.94. The molecule has 0 radical (unpaired) electrons. The van der Waals surface area contributed by atoms with Crippen molar-refractivity contribution in [2.75, 3.05) is 47.1 Å². The van der Waals surface area contributed by atoms with Crippen LogP contribution in [0.4, 0.5) is 0 Å². The number of benzene rings is 3. The van der Waals surface area contributed by atoms with Crippen LogP contribution < -0.4 is 45.0 Å². The largest absolute Gasteiger partial charge is 0.496 e. The zero-order valence-electron chi connectivity index (χ0n) is 33.1. The fraction of sp³-hybridized carbons (Fsp3) is 0.439. The number of methoxy groups -OCH3 is 2. The predicted octanol–water partition coefficient (Wildman–Crippen LogP) is 3.14. The highest BCUT2D eigenvalue weighted by Crippen LogP contribution is 2.38. The number of carbonyl (C=O) groups is 5. The van der Waals surface area contributed by atoms with Gasteiger partial charge in [-0.2, -0.15) is 0 Å². The van der Waals surface area contributed by atoms with E-state index in [-0.39, 0.29) is 42.7 Å². The molecule has 3 aromatic carbocycles. The lowest BCUT2D eigenvalue weighted by molar-refractivity contribution is -0.138. The smallest absolute Gasteiger partial charge is 0.251 e. The molecule has 5 rings (SSSR count). The number of carbonyl (C=O) groups excluding carboxylic acids is 5. The van der Waals surface area contributed by atoms with Gasteiger partial charge in [0.1, 0.15) is 36.8 Å². The third kappa shape index (κ3) is 11.0. The number of nitrogens with one attached hydrogen (secondary N) is 4. The molecular formula is C41H50ClN5O11. The van der Waals surface area contributed by atoms with Gasteiger partial charge < -0.3 is 55.0 Å². The van der Waals surface area contributed by atoms with Gasteiger partial charge in [0.2, 0.25) is 23.6 Å². The maximum Gasteiger partial charge on any atom is 0.251 e. The lowest BCUT2D eigenvalue weighted by Crippen LogP contribution is -2.59. The van der Waals surface area contributed by atoms with Gasteiger partial charge in [-0.3, -0.25) is 24.0 Å². The number of halogens is 1. The fourth-order valence-electron chi connectivity index (χ4n) is 6.42. The van der Waals surface area contributed by atoms with E-state index < -0.39 is 54.3 Å². The summed E-state index contributed by atoms with van der Waals surface area (Å²) in [4.78, 5) is 69.3.